The van der Waals surface area contributed by atoms with E-state index in [9.17, 15) is 9.59 Å². The van der Waals surface area contributed by atoms with Crippen molar-refractivity contribution >= 4 is 40.4 Å². The molecular formula is C16H13ClN4O3S. The average molecular weight is 377 g/mol. The van der Waals surface area contributed by atoms with Crippen LogP contribution in [0.5, 0.6) is 0 Å². The number of methoxy groups -OCH3 is 1. The quantitative estimate of drug-likeness (QED) is 0.323. The van der Waals surface area contributed by atoms with Gasteiger partial charge >= 0.3 is 5.97 Å². The number of hydrogen-bond acceptors (Lipinski definition) is 7. The molecule has 0 fully saturated rings. The zero-order chi connectivity index (χ0) is 18.0. The molecule has 3 rings (SSSR count). The van der Waals surface area contributed by atoms with Gasteiger partial charge < -0.3 is 9.72 Å². The summed E-state index contributed by atoms with van der Waals surface area (Å²) < 4.78 is 4.73. The minimum atomic E-state index is -0.602. The molecule has 0 radical (unpaired) electrons. The summed E-state index contributed by atoms with van der Waals surface area (Å²) >= 11 is 7.19. The third kappa shape index (κ3) is 3.80. The highest BCUT2D eigenvalue weighted by atomic mass is 35.5. The lowest BCUT2D eigenvalue weighted by Gasteiger charge is -2.07. The Hall–Kier alpha value is -2.45. The van der Waals surface area contributed by atoms with E-state index in [1.807, 2.05) is 6.07 Å². The van der Waals surface area contributed by atoms with Crippen LogP contribution in [0.1, 0.15) is 21.6 Å². The molecule has 0 amide bonds. The van der Waals surface area contributed by atoms with Gasteiger partial charge in [-0.05, 0) is 30.7 Å². The van der Waals surface area contributed by atoms with Crippen molar-refractivity contribution in [3.63, 3.8) is 0 Å². The van der Waals surface area contributed by atoms with Crippen LogP contribution in [0.25, 0.3) is 11.0 Å². The molecule has 0 aliphatic carbocycles. The molecular weight excluding hydrogens is 364 g/mol. The molecule has 0 aromatic carbocycles. The van der Waals surface area contributed by atoms with E-state index in [-0.39, 0.29) is 16.6 Å². The number of esters is 1. The maximum Gasteiger partial charge on any atom is 0.338 e. The second-order valence-corrected chi connectivity index (χ2v) is 6.50. The van der Waals surface area contributed by atoms with Crippen molar-refractivity contribution in [2.75, 3.05) is 7.11 Å². The minimum Gasteiger partial charge on any atom is -0.465 e. The second kappa shape index (κ2) is 7.20. The molecule has 9 heteroatoms. The number of fused-ring (bicyclic) bond motifs is 1. The number of thioether (sulfide) groups is 1. The summed E-state index contributed by atoms with van der Waals surface area (Å²) in [6, 6.07) is 5.08. The van der Waals surface area contributed by atoms with Gasteiger partial charge in [-0.2, -0.15) is 0 Å². The maximum absolute atomic E-state index is 12.4. The maximum atomic E-state index is 12.4. The molecule has 0 aliphatic heterocycles. The normalized spacial score (nSPS) is 10.8. The molecule has 128 valence electrons. The Morgan fingerprint density at radius 3 is 2.88 bits per heavy atom. The fourth-order valence-corrected chi connectivity index (χ4v) is 3.26. The first-order valence-corrected chi connectivity index (χ1v) is 8.57. The Morgan fingerprint density at radius 2 is 2.16 bits per heavy atom. The largest absolute Gasteiger partial charge is 0.465 e. The summed E-state index contributed by atoms with van der Waals surface area (Å²) in [4.78, 5) is 39.5. The molecule has 3 aromatic heterocycles. The summed E-state index contributed by atoms with van der Waals surface area (Å²) in [6.45, 7) is 1.72. The van der Waals surface area contributed by atoms with Gasteiger partial charge in [0.2, 0.25) is 0 Å². The predicted octanol–water partition coefficient (Wildman–Crippen LogP) is 2.75. The summed E-state index contributed by atoms with van der Waals surface area (Å²) in [5.74, 6) is -0.0542. The molecule has 1 N–H and O–H groups in total. The first-order valence-electron chi connectivity index (χ1n) is 7.21. The Labute approximate surface area is 151 Å². The first kappa shape index (κ1) is 17.4. The number of halogens is 1. The van der Waals surface area contributed by atoms with Crippen LogP contribution in [0.4, 0.5) is 0 Å². The van der Waals surface area contributed by atoms with Crippen molar-refractivity contribution in [3.05, 3.63) is 56.7 Å². The lowest BCUT2D eigenvalue weighted by Crippen LogP contribution is -2.16. The molecule has 0 aliphatic rings. The lowest BCUT2D eigenvalue weighted by atomic mass is 10.1. The highest BCUT2D eigenvalue weighted by molar-refractivity contribution is 7.98. The van der Waals surface area contributed by atoms with E-state index >= 15 is 0 Å². The summed E-state index contributed by atoms with van der Waals surface area (Å²) in [7, 11) is 1.26. The predicted molar refractivity (Wildman–Crippen MR) is 95.0 cm³/mol. The fourth-order valence-electron chi connectivity index (χ4n) is 2.27. The smallest absolute Gasteiger partial charge is 0.338 e. The molecule has 0 saturated carbocycles. The van der Waals surface area contributed by atoms with Gasteiger partial charge in [0.15, 0.2) is 10.8 Å². The highest BCUT2D eigenvalue weighted by Gasteiger charge is 2.17. The lowest BCUT2D eigenvalue weighted by molar-refractivity contribution is 0.0602. The number of carbonyl (C=O) groups is 1. The van der Waals surface area contributed by atoms with E-state index in [1.165, 1.54) is 24.9 Å². The summed E-state index contributed by atoms with van der Waals surface area (Å²) in [6.07, 6.45) is 1.61. The van der Waals surface area contributed by atoms with Crippen molar-refractivity contribution in [1.29, 1.82) is 0 Å². The van der Waals surface area contributed by atoms with Crippen LogP contribution < -0.4 is 5.56 Å². The number of rotatable bonds is 4. The van der Waals surface area contributed by atoms with E-state index in [1.54, 1.807) is 19.2 Å². The highest BCUT2D eigenvalue weighted by Crippen LogP contribution is 2.22. The fraction of sp³-hybridized carbons (Fsp3) is 0.188. The van der Waals surface area contributed by atoms with E-state index < -0.39 is 11.5 Å². The second-order valence-electron chi connectivity index (χ2n) is 5.15. The number of H-pyrrole nitrogens is 1. The Kier molecular flexibility index (Phi) is 5.00. The van der Waals surface area contributed by atoms with Gasteiger partial charge in [0.25, 0.3) is 5.56 Å². The van der Waals surface area contributed by atoms with E-state index in [2.05, 4.69) is 19.9 Å². The van der Waals surface area contributed by atoms with Gasteiger partial charge in [-0.25, -0.2) is 19.7 Å². The van der Waals surface area contributed by atoms with Gasteiger partial charge in [0.1, 0.15) is 5.15 Å². The topological polar surface area (TPSA) is 97.8 Å². The van der Waals surface area contributed by atoms with Crippen molar-refractivity contribution in [2.24, 2.45) is 0 Å². The molecule has 0 bridgehead atoms. The molecule has 3 heterocycles. The molecule has 0 unspecified atom stereocenters. The number of ether oxygens (including phenoxy) is 1. The van der Waals surface area contributed by atoms with Gasteiger partial charge in [0.05, 0.1) is 18.1 Å². The monoisotopic (exact) mass is 376 g/mol. The van der Waals surface area contributed by atoms with E-state index in [0.29, 0.717) is 21.8 Å². The number of aryl methyl sites for hydroxylation is 1. The number of carbonyl (C=O) groups excluding carboxylic acids is 1. The van der Waals surface area contributed by atoms with E-state index in [0.717, 1.165) is 5.56 Å². The van der Waals surface area contributed by atoms with Crippen molar-refractivity contribution in [1.82, 2.24) is 19.9 Å². The molecule has 3 aromatic rings. The van der Waals surface area contributed by atoms with Gasteiger partial charge in [0, 0.05) is 17.6 Å². The molecule has 7 nitrogen and oxygen atoms in total. The average Bonchev–Trinajstić information content (AvgIpc) is 2.58. The van der Waals surface area contributed by atoms with Crippen molar-refractivity contribution in [2.45, 2.75) is 17.8 Å². The standard InChI is InChI=1S/C16H13ClN4O3S/c1-8-5-10(15(23)24-2)12-13(19-8)20-16(21-14(12)22)25-7-9-3-4-18-11(17)6-9/h3-6H,7H2,1-2H3,(H,19,20,21,22). The van der Waals surface area contributed by atoms with Crippen LogP contribution in [0.3, 0.4) is 0 Å². The number of nitrogens with one attached hydrogen (secondary N) is 1. The minimum absolute atomic E-state index is 0.119. The Bertz CT molecular complexity index is 1020. The molecule has 25 heavy (non-hydrogen) atoms. The third-order valence-electron chi connectivity index (χ3n) is 3.36. The van der Waals surface area contributed by atoms with Crippen molar-refractivity contribution < 1.29 is 9.53 Å². The number of aromatic nitrogens is 4. The number of aromatic amines is 1. The van der Waals surface area contributed by atoms with Crippen LogP contribution >= 0.6 is 23.4 Å². The van der Waals surface area contributed by atoms with Crippen LogP contribution in [0, 0.1) is 6.92 Å². The number of nitrogens with zero attached hydrogens (tertiary/aromatic N) is 3. The van der Waals surface area contributed by atoms with Crippen LogP contribution in [-0.4, -0.2) is 33.0 Å². The van der Waals surface area contributed by atoms with E-state index in [4.69, 9.17) is 16.3 Å². The van der Waals surface area contributed by atoms with Crippen LogP contribution in [0.15, 0.2) is 34.3 Å². The van der Waals surface area contributed by atoms with Crippen LogP contribution in [0.2, 0.25) is 5.15 Å². The Balaban J connectivity index is 1.99. The molecule has 0 saturated heterocycles. The number of hydrogen-bond donors (Lipinski definition) is 1. The van der Waals surface area contributed by atoms with Gasteiger partial charge in [-0.15, -0.1) is 0 Å². The zero-order valence-electron chi connectivity index (χ0n) is 13.4. The zero-order valence-corrected chi connectivity index (χ0v) is 14.9. The van der Waals surface area contributed by atoms with Gasteiger partial charge in [-0.1, -0.05) is 23.4 Å². The first-order chi connectivity index (χ1) is 12.0. The van der Waals surface area contributed by atoms with Crippen molar-refractivity contribution in [3.8, 4) is 0 Å². The molecule has 0 atom stereocenters. The third-order valence-corrected chi connectivity index (χ3v) is 4.51. The SMILES string of the molecule is COC(=O)c1cc(C)nc2nc(SCc3ccnc(Cl)c3)[nH]c(=O)c12. The van der Waals surface area contributed by atoms with Gasteiger partial charge in [-0.3, -0.25) is 4.79 Å². The summed E-state index contributed by atoms with van der Waals surface area (Å²) in [5, 5.41) is 0.922. The number of pyridine rings is 2. The van der Waals surface area contributed by atoms with Crippen LogP contribution in [-0.2, 0) is 10.5 Å². The summed E-state index contributed by atoms with van der Waals surface area (Å²) in [5.41, 5.74) is 1.44. The Morgan fingerprint density at radius 1 is 1.36 bits per heavy atom. The molecule has 0 spiro atoms.